The van der Waals surface area contributed by atoms with E-state index in [-0.39, 0.29) is 5.82 Å². The molecule has 0 aliphatic carbocycles. The lowest BCUT2D eigenvalue weighted by molar-refractivity contribution is 0.242. The van der Waals surface area contributed by atoms with Crippen LogP contribution in [-0.4, -0.2) is 11.4 Å². The van der Waals surface area contributed by atoms with E-state index in [1.807, 2.05) is 6.07 Å². The van der Waals surface area contributed by atoms with Crippen molar-refractivity contribution < 1.29 is 4.39 Å². The van der Waals surface area contributed by atoms with Crippen LogP contribution in [0.3, 0.4) is 0 Å². The topological polar surface area (TPSA) is 27.0 Å². The standard InChI is InChI=1S/C17H15FN2/c18-17-6-5-13(10-19)9-16(17)12-20-8-7-14-3-1-2-4-15(14)11-20/h1-6,9H,7-8,11-12H2. The minimum absolute atomic E-state index is 0.233. The number of hydrogen-bond donors (Lipinski definition) is 0. The molecule has 0 unspecified atom stereocenters. The van der Waals surface area contributed by atoms with Gasteiger partial charge < -0.3 is 0 Å². The second-order valence-corrected chi connectivity index (χ2v) is 5.15. The first-order valence-electron chi connectivity index (χ1n) is 6.74. The van der Waals surface area contributed by atoms with Crippen LogP contribution in [-0.2, 0) is 19.5 Å². The van der Waals surface area contributed by atoms with Crippen molar-refractivity contribution in [3.05, 3.63) is 70.5 Å². The third kappa shape index (κ3) is 2.56. The van der Waals surface area contributed by atoms with E-state index >= 15 is 0 Å². The van der Waals surface area contributed by atoms with Gasteiger partial charge in [0.2, 0.25) is 0 Å². The van der Waals surface area contributed by atoms with E-state index in [0.29, 0.717) is 17.7 Å². The van der Waals surface area contributed by atoms with Crippen molar-refractivity contribution in [3.8, 4) is 6.07 Å². The van der Waals surface area contributed by atoms with Gasteiger partial charge in [-0.3, -0.25) is 4.90 Å². The second-order valence-electron chi connectivity index (χ2n) is 5.15. The van der Waals surface area contributed by atoms with Gasteiger partial charge in [0.1, 0.15) is 5.82 Å². The third-order valence-corrected chi connectivity index (χ3v) is 3.78. The second kappa shape index (κ2) is 5.44. The average Bonchev–Trinajstić information content (AvgIpc) is 2.49. The van der Waals surface area contributed by atoms with Gasteiger partial charge in [-0.2, -0.15) is 5.26 Å². The Bertz CT molecular complexity index is 673. The number of rotatable bonds is 2. The van der Waals surface area contributed by atoms with Crippen molar-refractivity contribution in [2.75, 3.05) is 6.54 Å². The van der Waals surface area contributed by atoms with Gasteiger partial charge in [0, 0.05) is 25.2 Å². The van der Waals surface area contributed by atoms with Gasteiger partial charge in [0.25, 0.3) is 0 Å². The number of benzene rings is 2. The van der Waals surface area contributed by atoms with Crippen LogP contribution in [0.5, 0.6) is 0 Å². The highest BCUT2D eigenvalue weighted by atomic mass is 19.1. The Kier molecular flexibility index (Phi) is 3.49. The van der Waals surface area contributed by atoms with Gasteiger partial charge in [-0.25, -0.2) is 4.39 Å². The van der Waals surface area contributed by atoms with Crippen LogP contribution in [0.25, 0.3) is 0 Å². The first kappa shape index (κ1) is 12.8. The molecule has 0 saturated heterocycles. The van der Waals surface area contributed by atoms with Crippen LogP contribution < -0.4 is 0 Å². The molecule has 100 valence electrons. The molecule has 0 atom stereocenters. The molecule has 1 aliphatic heterocycles. The fourth-order valence-electron chi connectivity index (χ4n) is 2.70. The van der Waals surface area contributed by atoms with Crippen LogP contribution >= 0.6 is 0 Å². The molecule has 0 radical (unpaired) electrons. The molecule has 0 N–H and O–H groups in total. The molecule has 0 aromatic heterocycles. The lowest BCUT2D eigenvalue weighted by Crippen LogP contribution is -2.30. The van der Waals surface area contributed by atoms with E-state index in [9.17, 15) is 4.39 Å². The number of halogens is 1. The summed E-state index contributed by atoms with van der Waals surface area (Å²) in [5.74, 6) is -0.233. The van der Waals surface area contributed by atoms with Gasteiger partial charge in [-0.05, 0) is 35.7 Å². The summed E-state index contributed by atoms with van der Waals surface area (Å²) in [5, 5.41) is 8.90. The molecule has 2 aromatic rings. The molecule has 2 nitrogen and oxygen atoms in total. The van der Waals surface area contributed by atoms with E-state index in [2.05, 4.69) is 29.2 Å². The van der Waals surface area contributed by atoms with Crippen molar-refractivity contribution in [2.24, 2.45) is 0 Å². The minimum Gasteiger partial charge on any atom is -0.294 e. The van der Waals surface area contributed by atoms with Crippen LogP contribution in [0, 0.1) is 17.1 Å². The van der Waals surface area contributed by atoms with Gasteiger partial charge in [0.15, 0.2) is 0 Å². The fourth-order valence-corrected chi connectivity index (χ4v) is 2.70. The van der Waals surface area contributed by atoms with E-state index in [1.165, 1.54) is 23.3 Å². The molecule has 20 heavy (non-hydrogen) atoms. The van der Waals surface area contributed by atoms with Crippen LogP contribution in [0.2, 0.25) is 0 Å². The summed E-state index contributed by atoms with van der Waals surface area (Å²) in [7, 11) is 0. The predicted molar refractivity (Wildman–Crippen MR) is 75.4 cm³/mol. The number of nitriles is 1. The monoisotopic (exact) mass is 266 g/mol. The largest absolute Gasteiger partial charge is 0.294 e. The molecular formula is C17H15FN2. The summed E-state index contributed by atoms with van der Waals surface area (Å²) in [6, 6.07) is 15.0. The summed E-state index contributed by atoms with van der Waals surface area (Å²) < 4.78 is 13.8. The zero-order chi connectivity index (χ0) is 13.9. The number of fused-ring (bicyclic) bond motifs is 1. The molecule has 1 heterocycles. The van der Waals surface area contributed by atoms with Crippen molar-refractivity contribution in [1.82, 2.24) is 4.90 Å². The maximum atomic E-state index is 13.8. The summed E-state index contributed by atoms with van der Waals surface area (Å²) in [4.78, 5) is 2.22. The van der Waals surface area contributed by atoms with E-state index in [1.54, 1.807) is 6.07 Å². The first-order valence-corrected chi connectivity index (χ1v) is 6.74. The normalized spacial score (nSPS) is 14.6. The predicted octanol–water partition coefficient (Wildman–Crippen LogP) is 3.26. The maximum Gasteiger partial charge on any atom is 0.127 e. The summed E-state index contributed by atoms with van der Waals surface area (Å²) in [6.45, 7) is 2.31. The van der Waals surface area contributed by atoms with Gasteiger partial charge in [-0.15, -0.1) is 0 Å². The van der Waals surface area contributed by atoms with Crippen molar-refractivity contribution in [3.63, 3.8) is 0 Å². The zero-order valence-electron chi connectivity index (χ0n) is 11.1. The highest BCUT2D eigenvalue weighted by Crippen LogP contribution is 2.21. The molecule has 1 aliphatic rings. The Balaban J connectivity index is 1.79. The Labute approximate surface area is 118 Å². The first-order chi connectivity index (χ1) is 9.76. The van der Waals surface area contributed by atoms with E-state index in [4.69, 9.17) is 5.26 Å². The van der Waals surface area contributed by atoms with E-state index in [0.717, 1.165) is 19.5 Å². The fraction of sp³-hybridized carbons (Fsp3) is 0.235. The van der Waals surface area contributed by atoms with Gasteiger partial charge in [0.05, 0.1) is 11.6 Å². The molecule has 3 heteroatoms. The number of hydrogen-bond acceptors (Lipinski definition) is 2. The van der Waals surface area contributed by atoms with Crippen LogP contribution in [0.15, 0.2) is 42.5 Å². The molecule has 2 aromatic carbocycles. The Morgan fingerprint density at radius 3 is 2.75 bits per heavy atom. The maximum absolute atomic E-state index is 13.8. The Hall–Kier alpha value is -2.18. The zero-order valence-corrected chi connectivity index (χ0v) is 11.1. The van der Waals surface area contributed by atoms with Gasteiger partial charge >= 0.3 is 0 Å². The quantitative estimate of drug-likeness (QED) is 0.834. The van der Waals surface area contributed by atoms with Crippen molar-refractivity contribution in [2.45, 2.75) is 19.5 Å². The van der Waals surface area contributed by atoms with Crippen molar-refractivity contribution in [1.29, 1.82) is 5.26 Å². The third-order valence-electron chi connectivity index (χ3n) is 3.78. The lowest BCUT2D eigenvalue weighted by atomic mass is 9.99. The van der Waals surface area contributed by atoms with Crippen LogP contribution in [0.1, 0.15) is 22.3 Å². The molecule has 0 spiro atoms. The molecule has 0 amide bonds. The highest BCUT2D eigenvalue weighted by Gasteiger charge is 2.17. The average molecular weight is 266 g/mol. The summed E-state index contributed by atoms with van der Waals surface area (Å²) in [5.41, 5.74) is 3.81. The molecular weight excluding hydrogens is 251 g/mol. The minimum atomic E-state index is -0.233. The molecule has 0 saturated carbocycles. The lowest BCUT2D eigenvalue weighted by Gasteiger charge is -2.28. The molecule has 0 fully saturated rings. The SMILES string of the molecule is N#Cc1ccc(F)c(CN2CCc3ccccc3C2)c1. The van der Waals surface area contributed by atoms with Crippen LogP contribution in [0.4, 0.5) is 4.39 Å². The Morgan fingerprint density at radius 2 is 1.95 bits per heavy atom. The van der Waals surface area contributed by atoms with E-state index < -0.39 is 0 Å². The number of nitrogens with zero attached hydrogens (tertiary/aromatic N) is 2. The smallest absolute Gasteiger partial charge is 0.127 e. The van der Waals surface area contributed by atoms with Gasteiger partial charge in [-0.1, -0.05) is 24.3 Å². The highest BCUT2D eigenvalue weighted by molar-refractivity contribution is 5.34. The van der Waals surface area contributed by atoms with Crippen molar-refractivity contribution >= 4 is 0 Å². The Morgan fingerprint density at radius 1 is 1.15 bits per heavy atom. The summed E-state index contributed by atoms with van der Waals surface area (Å²) in [6.07, 6.45) is 0.996. The summed E-state index contributed by atoms with van der Waals surface area (Å²) >= 11 is 0. The molecule has 3 rings (SSSR count). The molecule has 0 bridgehead atoms.